The van der Waals surface area contributed by atoms with Crippen LogP contribution >= 0.6 is 0 Å². The summed E-state index contributed by atoms with van der Waals surface area (Å²) < 4.78 is 1.42. The standard InChI is InChI=1S/C11H12N4O2/c1-7(16)9-3-2-4-13-11(9)15-6-8(5-14-15)10(12)17/h2-7,16H,1H3,(H2,12,17). The molecule has 2 heterocycles. The molecule has 0 aliphatic carbocycles. The molecule has 1 amide bonds. The van der Waals surface area contributed by atoms with E-state index in [1.807, 2.05) is 0 Å². The summed E-state index contributed by atoms with van der Waals surface area (Å²) in [5.74, 6) is -0.0687. The molecule has 6 heteroatoms. The molecule has 2 aromatic heterocycles. The Bertz CT molecular complexity index is 548. The quantitative estimate of drug-likeness (QED) is 0.801. The first-order valence-electron chi connectivity index (χ1n) is 5.07. The van der Waals surface area contributed by atoms with E-state index in [2.05, 4.69) is 10.1 Å². The van der Waals surface area contributed by atoms with Crippen LogP contribution in [-0.4, -0.2) is 25.8 Å². The third kappa shape index (κ3) is 2.16. The van der Waals surface area contributed by atoms with Gasteiger partial charge in [-0.15, -0.1) is 0 Å². The van der Waals surface area contributed by atoms with Crippen molar-refractivity contribution in [3.8, 4) is 5.82 Å². The van der Waals surface area contributed by atoms with E-state index in [0.717, 1.165) is 0 Å². The van der Waals surface area contributed by atoms with Gasteiger partial charge < -0.3 is 10.8 Å². The summed E-state index contributed by atoms with van der Waals surface area (Å²) in [6.45, 7) is 1.64. The molecule has 0 fully saturated rings. The Kier molecular flexibility index (Phi) is 2.88. The van der Waals surface area contributed by atoms with E-state index in [9.17, 15) is 9.90 Å². The van der Waals surface area contributed by atoms with Gasteiger partial charge in [-0.3, -0.25) is 4.79 Å². The number of carbonyl (C=O) groups is 1. The monoisotopic (exact) mass is 232 g/mol. The predicted molar refractivity (Wildman–Crippen MR) is 60.5 cm³/mol. The largest absolute Gasteiger partial charge is 0.389 e. The number of primary amides is 1. The maximum absolute atomic E-state index is 11.0. The van der Waals surface area contributed by atoms with Crippen molar-refractivity contribution < 1.29 is 9.90 Å². The van der Waals surface area contributed by atoms with Gasteiger partial charge in [-0.1, -0.05) is 6.07 Å². The highest BCUT2D eigenvalue weighted by atomic mass is 16.3. The molecule has 0 saturated carbocycles. The fourth-order valence-electron chi connectivity index (χ4n) is 1.49. The molecular weight excluding hydrogens is 220 g/mol. The molecule has 0 aliphatic rings. The van der Waals surface area contributed by atoms with Gasteiger partial charge in [0.15, 0.2) is 5.82 Å². The van der Waals surface area contributed by atoms with E-state index in [-0.39, 0.29) is 0 Å². The molecule has 88 valence electrons. The lowest BCUT2D eigenvalue weighted by Crippen LogP contribution is -2.10. The van der Waals surface area contributed by atoms with E-state index in [1.165, 1.54) is 17.1 Å². The Morgan fingerprint density at radius 2 is 2.35 bits per heavy atom. The molecule has 6 nitrogen and oxygen atoms in total. The SMILES string of the molecule is CC(O)c1cccnc1-n1cc(C(N)=O)cn1. The fraction of sp³-hybridized carbons (Fsp3) is 0.182. The number of rotatable bonds is 3. The number of aliphatic hydroxyl groups excluding tert-OH is 1. The Balaban J connectivity index is 2.48. The molecule has 0 saturated heterocycles. The minimum atomic E-state index is -0.667. The lowest BCUT2D eigenvalue weighted by Gasteiger charge is -2.09. The topological polar surface area (TPSA) is 94.0 Å². The zero-order valence-electron chi connectivity index (χ0n) is 9.24. The van der Waals surface area contributed by atoms with Crippen LogP contribution in [0.25, 0.3) is 5.82 Å². The van der Waals surface area contributed by atoms with Crippen molar-refractivity contribution >= 4 is 5.91 Å². The first kappa shape index (κ1) is 11.3. The Morgan fingerprint density at radius 3 is 2.94 bits per heavy atom. The molecule has 0 bridgehead atoms. The van der Waals surface area contributed by atoms with Gasteiger partial charge in [-0.25, -0.2) is 9.67 Å². The van der Waals surface area contributed by atoms with Gasteiger partial charge >= 0.3 is 0 Å². The van der Waals surface area contributed by atoms with Gasteiger partial charge in [0.25, 0.3) is 5.91 Å². The van der Waals surface area contributed by atoms with E-state index >= 15 is 0 Å². The third-order valence-electron chi connectivity index (χ3n) is 2.35. The minimum absolute atomic E-state index is 0.298. The highest BCUT2D eigenvalue weighted by Crippen LogP contribution is 2.18. The maximum Gasteiger partial charge on any atom is 0.251 e. The van der Waals surface area contributed by atoms with Crippen molar-refractivity contribution in [3.05, 3.63) is 41.9 Å². The zero-order chi connectivity index (χ0) is 12.4. The number of pyridine rings is 1. The van der Waals surface area contributed by atoms with Crippen LogP contribution in [0, 0.1) is 0 Å². The zero-order valence-corrected chi connectivity index (χ0v) is 9.24. The number of aromatic nitrogens is 3. The van der Waals surface area contributed by atoms with Gasteiger partial charge in [-0.2, -0.15) is 5.10 Å². The van der Waals surface area contributed by atoms with E-state index in [4.69, 9.17) is 5.73 Å². The maximum atomic E-state index is 11.0. The number of amides is 1. The molecule has 17 heavy (non-hydrogen) atoms. The van der Waals surface area contributed by atoms with Crippen molar-refractivity contribution in [2.45, 2.75) is 13.0 Å². The smallest absolute Gasteiger partial charge is 0.251 e. The summed E-state index contributed by atoms with van der Waals surface area (Å²) in [7, 11) is 0. The lowest BCUT2D eigenvalue weighted by molar-refractivity contribution is 0.100. The van der Waals surface area contributed by atoms with Crippen LogP contribution in [0.2, 0.25) is 0 Å². The van der Waals surface area contributed by atoms with E-state index in [1.54, 1.807) is 25.3 Å². The second kappa shape index (κ2) is 4.34. The summed E-state index contributed by atoms with van der Waals surface area (Å²) in [5, 5.41) is 13.6. The normalized spacial score (nSPS) is 12.4. The number of nitrogens with zero attached hydrogens (tertiary/aromatic N) is 3. The molecule has 1 atom stereocenters. The number of hydrogen-bond acceptors (Lipinski definition) is 4. The van der Waals surface area contributed by atoms with Crippen LogP contribution in [0.1, 0.15) is 28.9 Å². The minimum Gasteiger partial charge on any atom is -0.389 e. The fourth-order valence-corrected chi connectivity index (χ4v) is 1.49. The lowest BCUT2D eigenvalue weighted by atomic mass is 10.1. The van der Waals surface area contributed by atoms with Crippen molar-refractivity contribution in [2.24, 2.45) is 5.73 Å². The summed E-state index contributed by atoms with van der Waals surface area (Å²) in [5.41, 5.74) is 6.07. The predicted octanol–water partition coefficient (Wildman–Crippen LogP) is 0.420. The Hall–Kier alpha value is -2.21. The first-order chi connectivity index (χ1) is 8.09. The molecule has 0 aliphatic heterocycles. The Labute approximate surface area is 97.7 Å². The molecule has 2 rings (SSSR count). The van der Waals surface area contributed by atoms with Crippen molar-refractivity contribution in [1.82, 2.24) is 14.8 Å². The van der Waals surface area contributed by atoms with Gasteiger partial charge in [-0.05, 0) is 13.0 Å². The van der Waals surface area contributed by atoms with Gasteiger partial charge in [0.2, 0.25) is 0 Å². The van der Waals surface area contributed by atoms with Crippen LogP contribution in [0.4, 0.5) is 0 Å². The summed E-state index contributed by atoms with van der Waals surface area (Å²) in [6.07, 6.45) is 3.77. The highest BCUT2D eigenvalue weighted by Gasteiger charge is 2.12. The summed E-state index contributed by atoms with van der Waals surface area (Å²) in [6, 6.07) is 3.47. The van der Waals surface area contributed by atoms with Crippen LogP contribution in [0.15, 0.2) is 30.7 Å². The Morgan fingerprint density at radius 1 is 1.59 bits per heavy atom. The van der Waals surface area contributed by atoms with Gasteiger partial charge in [0.05, 0.1) is 17.9 Å². The molecular formula is C11H12N4O2. The number of nitrogens with two attached hydrogens (primary N) is 1. The first-order valence-corrected chi connectivity index (χ1v) is 5.07. The van der Waals surface area contributed by atoms with Crippen LogP contribution in [0.3, 0.4) is 0 Å². The van der Waals surface area contributed by atoms with E-state index in [0.29, 0.717) is 16.9 Å². The third-order valence-corrected chi connectivity index (χ3v) is 2.35. The van der Waals surface area contributed by atoms with Crippen LogP contribution in [0.5, 0.6) is 0 Å². The van der Waals surface area contributed by atoms with Crippen molar-refractivity contribution in [1.29, 1.82) is 0 Å². The van der Waals surface area contributed by atoms with Crippen LogP contribution in [-0.2, 0) is 0 Å². The highest BCUT2D eigenvalue weighted by molar-refractivity contribution is 5.92. The van der Waals surface area contributed by atoms with Gasteiger partial charge in [0.1, 0.15) is 0 Å². The second-order valence-electron chi connectivity index (χ2n) is 3.63. The van der Waals surface area contributed by atoms with E-state index < -0.39 is 12.0 Å². The summed E-state index contributed by atoms with van der Waals surface area (Å²) in [4.78, 5) is 15.1. The summed E-state index contributed by atoms with van der Waals surface area (Å²) >= 11 is 0. The molecule has 0 aromatic carbocycles. The molecule has 3 N–H and O–H groups in total. The molecule has 1 unspecified atom stereocenters. The average molecular weight is 232 g/mol. The average Bonchev–Trinajstić information content (AvgIpc) is 2.78. The van der Waals surface area contributed by atoms with Crippen molar-refractivity contribution in [2.75, 3.05) is 0 Å². The second-order valence-corrected chi connectivity index (χ2v) is 3.63. The number of hydrogen-bond donors (Lipinski definition) is 2. The van der Waals surface area contributed by atoms with Gasteiger partial charge in [0, 0.05) is 18.0 Å². The molecule has 0 spiro atoms. The molecule has 0 radical (unpaired) electrons. The number of aliphatic hydroxyl groups is 1. The van der Waals surface area contributed by atoms with Crippen LogP contribution < -0.4 is 5.73 Å². The number of carbonyl (C=O) groups excluding carboxylic acids is 1. The van der Waals surface area contributed by atoms with Crippen molar-refractivity contribution in [3.63, 3.8) is 0 Å². The molecule has 2 aromatic rings.